The van der Waals surface area contributed by atoms with E-state index in [2.05, 4.69) is 41.1 Å². The van der Waals surface area contributed by atoms with E-state index in [-0.39, 0.29) is 5.91 Å². The number of unbranched alkanes of at least 4 members (excludes halogenated alkanes) is 1. The van der Waals surface area contributed by atoms with Crippen molar-refractivity contribution >= 4 is 27.5 Å². The molecular weight excluding hydrogens is 290 g/mol. The van der Waals surface area contributed by atoms with Gasteiger partial charge in [-0.2, -0.15) is 0 Å². The number of nitrogens with zero attached hydrogens (tertiary/aromatic N) is 1. The van der Waals surface area contributed by atoms with Crippen LogP contribution in [0.3, 0.4) is 0 Å². The summed E-state index contributed by atoms with van der Waals surface area (Å²) < 4.78 is 0. The van der Waals surface area contributed by atoms with Crippen molar-refractivity contribution in [2.24, 2.45) is 0 Å². The number of anilines is 1. The Morgan fingerprint density at radius 3 is 3.00 bits per heavy atom. The van der Waals surface area contributed by atoms with Crippen LogP contribution in [0.25, 0.3) is 0 Å². The third-order valence-corrected chi connectivity index (χ3v) is 3.86. The number of amides is 1. The molecule has 0 bridgehead atoms. The highest BCUT2D eigenvalue weighted by atomic mass is 79.9. The first kappa shape index (κ1) is 13.6. The zero-order chi connectivity index (χ0) is 13.0. The lowest BCUT2D eigenvalue weighted by Crippen LogP contribution is -2.28. The molecule has 0 aromatic heterocycles. The zero-order valence-electron chi connectivity index (χ0n) is 10.9. The van der Waals surface area contributed by atoms with Crippen molar-refractivity contribution in [3.8, 4) is 0 Å². The van der Waals surface area contributed by atoms with E-state index in [1.807, 2.05) is 4.90 Å². The maximum atomic E-state index is 12.1. The summed E-state index contributed by atoms with van der Waals surface area (Å²) in [5.41, 5.74) is 3.82. The number of fused-ring (bicyclic) bond motifs is 1. The van der Waals surface area contributed by atoms with Crippen molar-refractivity contribution < 1.29 is 4.79 Å². The van der Waals surface area contributed by atoms with Crippen molar-refractivity contribution in [3.63, 3.8) is 0 Å². The molecule has 1 heterocycles. The van der Waals surface area contributed by atoms with Crippen molar-refractivity contribution in [1.29, 1.82) is 0 Å². The van der Waals surface area contributed by atoms with E-state index in [1.54, 1.807) is 0 Å². The number of hydrogen-bond donors (Lipinski definition) is 0. The Kier molecular flexibility index (Phi) is 4.81. The molecule has 18 heavy (non-hydrogen) atoms. The summed E-state index contributed by atoms with van der Waals surface area (Å²) in [4.78, 5) is 14.1. The van der Waals surface area contributed by atoms with Gasteiger partial charge in [0.1, 0.15) is 0 Å². The third kappa shape index (κ3) is 2.94. The molecule has 1 aromatic rings. The van der Waals surface area contributed by atoms with Crippen molar-refractivity contribution in [1.82, 2.24) is 0 Å². The monoisotopic (exact) mass is 309 g/mol. The average molecular weight is 310 g/mol. The van der Waals surface area contributed by atoms with Crippen molar-refractivity contribution in [3.05, 3.63) is 29.3 Å². The van der Waals surface area contributed by atoms with E-state index >= 15 is 0 Å². The summed E-state index contributed by atoms with van der Waals surface area (Å²) in [5, 5.41) is 0.991. The quantitative estimate of drug-likeness (QED) is 0.759. The van der Waals surface area contributed by atoms with Gasteiger partial charge in [0.25, 0.3) is 0 Å². The molecule has 1 aromatic carbocycles. The molecule has 1 aliphatic rings. The van der Waals surface area contributed by atoms with E-state index < -0.39 is 0 Å². The van der Waals surface area contributed by atoms with E-state index in [4.69, 9.17) is 0 Å². The zero-order valence-corrected chi connectivity index (χ0v) is 12.5. The molecule has 0 radical (unpaired) electrons. The minimum absolute atomic E-state index is 0.281. The van der Waals surface area contributed by atoms with Crippen LogP contribution in [-0.4, -0.2) is 17.8 Å². The van der Waals surface area contributed by atoms with Crippen molar-refractivity contribution in [2.75, 3.05) is 16.8 Å². The van der Waals surface area contributed by atoms with Gasteiger partial charge in [0, 0.05) is 24.0 Å². The number of benzene rings is 1. The molecule has 0 N–H and O–H groups in total. The topological polar surface area (TPSA) is 20.3 Å². The van der Waals surface area contributed by atoms with Crippen LogP contribution in [0, 0.1) is 0 Å². The van der Waals surface area contributed by atoms with Gasteiger partial charge in [-0.05, 0) is 36.5 Å². The number of carbonyl (C=O) groups is 1. The number of rotatable bonds is 5. The molecule has 1 amide bonds. The minimum atomic E-state index is 0.281. The molecule has 0 saturated carbocycles. The standard InChI is InChI=1S/C15H20BrNO/c1-2-3-4-15(18)17-10-8-13-11-12(7-9-16)5-6-14(13)17/h5-6,11H,2-4,7-10H2,1H3. The van der Waals surface area contributed by atoms with Crippen LogP contribution in [-0.2, 0) is 17.6 Å². The number of alkyl halides is 1. The van der Waals surface area contributed by atoms with Gasteiger partial charge in [0.15, 0.2) is 0 Å². The molecule has 1 aliphatic heterocycles. The van der Waals surface area contributed by atoms with Crippen LogP contribution >= 0.6 is 15.9 Å². The first-order chi connectivity index (χ1) is 8.76. The summed E-state index contributed by atoms with van der Waals surface area (Å²) in [5.74, 6) is 0.281. The molecule has 0 spiro atoms. The highest BCUT2D eigenvalue weighted by molar-refractivity contribution is 9.09. The van der Waals surface area contributed by atoms with E-state index in [0.29, 0.717) is 6.42 Å². The van der Waals surface area contributed by atoms with Crippen molar-refractivity contribution in [2.45, 2.75) is 39.0 Å². The number of hydrogen-bond acceptors (Lipinski definition) is 1. The Morgan fingerprint density at radius 2 is 2.28 bits per heavy atom. The summed E-state index contributed by atoms with van der Waals surface area (Å²) in [6, 6.07) is 6.51. The maximum Gasteiger partial charge on any atom is 0.226 e. The van der Waals surface area contributed by atoms with Gasteiger partial charge in [0.05, 0.1) is 0 Å². The summed E-state index contributed by atoms with van der Waals surface area (Å²) in [7, 11) is 0. The fourth-order valence-electron chi connectivity index (χ4n) is 2.44. The fourth-order valence-corrected chi connectivity index (χ4v) is 2.90. The van der Waals surface area contributed by atoms with Crippen LogP contribution in [0.15, 0.2) is 18.2 Å². The molecule has 98 valence electrons. The Balaban J connectivity index is 2.11. The highest BCUT2D eigenvalue weighted by Crippen LogP contribution is 2.29. The summed E-state index contributed by atoms with van der Waals surface area (Å²) in [6.07, 6.45) is 4.81. The molecule has 0 atom stereocenters. The molecular formula is C15H20BrNO. The highest BCUT2D eigenvalue weighted by Gasteiger charge is 2.23. The van der Waals surface area contributed by atoms with Gasteiger partial charge >= 0.3 is 0 Å². The minimum Gasteiger partial charge on any atom is -0.312 e. The molecule has 2 nitrogen and oxygen atoms in total. The van der Waals surface area contributed by atoms with Crippen LogP contribution < -0.4 is 4.90 Å². The SMILES string of the molecule is CCCCC(=O)N1CCc2cc(CCBr)ccc21. The van der Waals surface area contributed by atoms with Gasteiger partial charge in [0.2, 0.25) is 5.91 Å². The normalized spacial score (nSPS) is 13.8. The van der Waals surface area contributed by atoms with E-state index in [1.165, 1.54) is 11.1 Å². The second-order valence-electron chi connectivity index (χ2n) is 4.80. The van der Waals surface area contributed by atoms with Gasteiger partial charge < -0.3 is 4.90 Å². The van der Waals surface area contributed by atoms with Gasteiger partial charge in [-0.15, -0.1) is 0 Å². The predicted molar refractivity (Wildman–Crippen MR) is 79.5 cm³/mol. The Bertz CT molecular complexity index is 431. The Morgan fingerprint density at radius 1 is 1.44 bits per heavy atom. The van der Waals surface area contributed by atoms with E-state index in [0.717, 1.165) is 43.2 Å². The predicted octanol–water partition coefficient (Wildman–Crippen LogP) is 3.70. The molecule has 2 rings (SSSR count). The lowest BCUT2D eigenvalue weighted by molar-refractivity contribution is -0.118. The second-order valence-corrected chi connectivity index (χ2v) is 5.59. The second kappa shape index (κ2) is 6.37. The smallest absolute Gasteiger partial charge is 0.226 e. The van der Waals surface area contributed by atoms with Gasteiger partial charge in [-0.1, -0.05) is 41.4 Å². The van der Waals surface area contributed by atoms with Crippen LogP contribution in [0.1, 0.15) is 37.3 Å². The lowest BCUT2D eigenvalue weighted by Gasteiger charge is -2.17. The van der Waals surface area contributed by atoms with Crippen LogP contribution in [0.5, 0.6) is 0 Å². The molecule has 3 heteroatoms. The van der Waals surface area contributed by atoms with E-state index in [9.17, 15) is 4.79 Å². The van der Waals surface area contributed by atoms with Crippen LogP contribution in [0.4, 0.5) is 5.69 Å². The third-order valence-electron chi connectivity index (χ3n) is 3.47. The first-order valence-electron chi connectivity index (χ1n) is 6.74. The van der Waals surface area contributed by atoms with Gasteiger partial charge in [-0.3, -0.25) is 4.79 Å². The Hall–Kier alpha value is -0.830. The Labute approximate surface area is 117 Å². The number of carbonyl (C=O) groups excluding carboxylic acids is 1. The molecule has 0 unspecified atom stereocenters. The number of aryl methyl sites for hydroxylation is 1. The van der Waals surface area contributed by atoms with Crippen LogP contribution in [0.2, 0.25) is 0 Å². The largest absolute Gasteiger partial charge is 0.312 e. The van der Waals surface area contributed by atoms with Gasteiger partial charge in [-0.25, -0.2) is 0 Å². The average Bonchev–Trinajstić information content (AvgIpc) is 2.79. The molecule has 0 aliphatic carbocycles. The summed E-state index contributed by atoms with van der Waals surface area (Å²) >= 11 is 3.47. The molecule has 0 fully saturated rings. The number of halogens is 1. The fraction of sp³-hybridized carbons (Fsp3) is 0.533. The molecule has 0 saturated heterocycles. The lowest BCUT2D eigenvalue weighted by atomic mass is 10.1. The summed E-state index contributed by atoms with van der Waals surface area (Å²) in [6.45, 7) is 2.98. The maximum absolute atomic E-state index is 12.1. The first-order valence-corrected chi connectivity index (χ1v) is 7.86.